The van der Waals surface area contributed by atoms with Gasteiger partial charge < -0.3 is 4.42 Å². The molecule has 2 nitrogen and oxygen atoms in total. The van der Waals surface area contributed by atoms with E-state index in [4.69, 9.17) is 16.0 Å². The third-order valence-corrected chi connectivity index (χ3v) is 4.42. The molecule has 0 saturated heterocycles. The molecule has 4 heteroatoms. The van der Waals surface area contributed by atoms with Crippen LogP contribution >= 0.6 is 23.4 Å². The van der Waals surface area contributed by atoms with Crippen LogP contribution in [0.1, 0.15) is 16.1 Å². The maximum absolute atomic E-state index is 12.2. The number of para-hydroxylation sites is 1. The summed E-state index contributed by atoms with van der Waals surface area (Å²) >= 11 is 7.56. The molecule has 0 N–H and O–H groups in total. The monoisotopic (exact) mass is 316 g/mol. The molecule has 0 aliphatic rings. The summed E-state index contributed by atoms with van der Waals surface area (Å²) in [6.07, 6.45) is 0. The minimum atomic E-state index is -0.0335. The van der Waals surface area contributed by atoms with Crippen LogP contribution in [0.2, 0.25) is 5.02 Å². The molecule has 0 amide bonds. The first-order valence-corrected chi connectivity index (χ1v) is 7.90. The van der Waals surface area contributed by atoms with Crippen molar-refractivity contribution < 1.29 is 9.21 Å². The van der Waals surface area contributed by atoms with E-state index in [9.17, 15) is 4.79 Å². The number of hydrogen-bond donors (Lipinski definition) is 0. The zero-order chi connectivity index (χ0) is 14.8. The van der Waals surface area contributed by atoms with Gasteiger partial charge in [0.05, 0.1) is 10.8 Å². The minimum Gasteiger partial charge on any atom is -0.451 e. The second-order valence-electron chi connectivity index (χ2n) is 4.80. The van der Waals surface area contributed by atoms with Crippen LogP contribution in [0.15, 0.2) is 57.8 Å². The van der Waals surface area contributed by atoms with Crippen molar-refractivity contribution in [2.75, 3.05) is 5.75 Å². The van der Waals surface area contributed by atoms with Crippen molar-refractivity contribution in [3.8, 4) is 0 Å². The van der Waals surface area contributed by atoms with Gasteiger partial charge in [0.15, 0.2) is 11.3 Å². The third-order valence-electron chi connectivity index (χ3n) is 3.13. The number of Topliss-reactive ketones (excluding diaryl/α,β-unsaturated/α-hetero) is 1. The van der Waals surface area contributed by atoms with E-state index in [1.165, 1.54) is 17.3 Å². The standard InChI is InChI=1S/C17H13ClO2S/c1-11-4-2-6-13(8-11)21-10-15(19)16-9-12-5-3-7-14(18)17(12)20-16/h2-9H,10H2,1H3. The van der Waals surface area contributed by atoms with Crippen LogP contribution in [-0.4, -0.2) is 11.5 Å². The summed E-state index contributed by atoms with van der Waals surface area (Å²) in [5, 5.41) is 1.38. The number of halogens is 1. The molecular weight excluding hydrogens is 304 g/mol. The molecule has 0 aliphatic carbocycles. The van der Waals surface area contributed by atoms with Gasteiger partial charge in [-0.3, -0.25) is 4.79 Å². The molecule has 1 aromatic heterocycles. The maximum atomic E-state index is 12.2. The van der Waals surface area contributed by atoms with Gasteiger partial charge in [0.1, 0.15) is 0 Å². The first-order valence-electron chi connectivity index (χ1n) is 6.54. The lowest BCUT2D eigenvalue weighted by Crippen LogP contribution is -2.00. The van der Waals surface area contributed by atoms with E-state index in [1.54, 1.807) is 12.1 Å². The van der Waals surface area contributed by atoms with Crippen molar-refractivity contribution in [3.05, 3.63) is 64.9 Å². The Kier molecular flexibility index (Phi) is 4.04. The summed E-state index contributed by atoms with van der Waals surface area (Å²) in [6.45, 7) is 2.03. The number of aryl methyl sites for hydroxylation is 1. The summed E-state index contributed by atoms with van der Waals surface area (Å²) in [4.78, 5) is 13.3. The van der Waals surface area contributed by atoms with Gasteiger partial charge in [-0.25, -0.2) is 0 Å². The van der Waals surface area contributed by atoms with Crippen molar-refractivity contribution in [1.82, 2.24) is 0 Å². The van der Waals surface area contributed by atoms with Gasteiger partial charge in [-0.2, -0.15) is 0 Å². The molecule has 0 unspecified atom stereocenters. The molecule has 106 valence electrons. The van der Waals surface area contributed by atoms with E-state index in [1.807, 2.05) is 37.3 Å². The smallest absolute Gasteiger partial charge is 0.208 e. The Morgan fingerprint density at radius 1 is 1.19 bits per heavy atom. The summed E-state index contributed by atoms with van der Waals surface area (Å²) in [6, 6.07) is 15.3. The Balaban J connectivity index is 1.76. The normalized spacial score (nSPS) is 11.0. The van der Waals surface area contributed by atoms with Crippen molar-refractivity contribution in [3.63, 3.8) is 0 Å². The fourth-order valence-corrected chi connectivity index (χ4v) is 3.19. The second-order valence-corrected chi connectivity index (χ2v) is 6.25. The lowest BCUT2D eigenvalue weighted by atomic mass is 10.2. The summed E-state index contributed by atoms with van der Waals surface area (Å²) in [5.74, 6) is 0.674. The molecule has 0 radical (unpaired) electrons. The van der Waals surface area contributed by atoms with Gasteiger partial charge in [0, 0.05) is 10.3 Å². The Labute approximate surface area is 132 Å². The second kappa shape index (κ2) is 5.96. The molecule has 3 rings (SSSR count). The third kappa shape index (κ3) is 3.14. The molecular formula is C17H13ClO2S. The highest BCUT2D eigenvalue weighted by atomic mass is 35.5. The highest BCUT2D eigenvalue weighted by molar-refractivity contribution is 8.00. The summed E-state index contributed by atoms with van der Waals surface area (Å²) < 4.78 is 5.58. The van der Waals surface area contributed by atoms with E-state index in [-0.39, 0.29) is 5.78 Å². The molecule has 0 fully saturated rings. The number of fused-ring (bicyclic) bond motifs is 1. The quantitative estimate of drug-likeness (QED) is 0.479. The summed E-state index contributed by atoms with van der Waals surface area (Å²) in [7, 11) is 0. The fourth-order valence-electron chi connectivity index (χ4n) is 2.09. The zero-order valence-electron chi connectivity index (χ0n) is 11.4. The number of hydrogen-bond acceptors (Lipinski definition) is 3. The van der Waals surface area contributed by atoms with E-state index in [0.717, 1.165) is 10.3 Å². The average Bonchev–Trinajstić information content (AvgIpc) is 2.90. The van der Waals surface area contributed by atoms with Gasteiger partial charge in [-0.15, -0.1) is 11.8 Å². The molecule has 0 spiro atoms. The van der Waals surface area contributed by atoms with Crippen molar-refractivity contribution in [1.29, 1.82) is 0 Å². The number of rotatable bonds is 4. The lowest BCUT2D eigenvalue weighted by Gasteiger charge is -2.00. The fraction of sp³-hybridized carbons (Fsp3) is 0.118. The number of benzene rings is 2. The van der Waals surface area contributed by atoms with Crippen LogP contribution in [0.25, 0.3) is 11.0 Å². The average molecular weight is 317 g/mol. The Morgan fingerprint density at radius 3 is 2.76 bits per heavy atom. The number of furan rings is 1. The van der Waals surface area contributed by atoms with Crippen molar-refractivity contribution in [2.24, 2.45) is 0 Å². The molecule has 3 aromatic rings. The van der Waals surface area contributed by atoms with Crippen LogP contribution in [0.5, 0.6) is 0 Å². The molecule has 1 heterocycles. The number of carbonyl (C=O) groups excluding carboxylic acids is 1. The predicted molar refractivity (Wildman–Crippen MR) is 87.5 cm³/mol. The molecule has 2 aromatic carbocycles. The van der Waals surface area contributed by atoms with Gasteiger partial charge in [0.2, 0.25) is 5.78 Å². The Hall–Kier alpha value is -1.71. The topological polar surface area (TPSA) is 30.2 Å². The highest BCUT2D eigenvalue weighted by Gasteiger charge is 2.14. The van der Waals surface area contributed by atoms with E-state index in [2.05, 4.69) is 6.07 Å². The van der Waals surface area contributed by atoms with Crippen LogP contribution in [0.3, 0.4) is 0 Å². The Morgan fingerprint density at radius 2 is 2.00 bits per heavy atom. The number of thioether (sulfide) groups is 1. The van der Waals surface area contributed by atoms with Gasteiger partial charge >= 0.3 is 0 Å². The maximum Gasteiger partial charge on any atom is 0.208 e. The highest BCUT2D eigenvalue weighted by Crippen LogP contribution is 2.28. The summed E-state index contributed by atoms with van der Waals surface area (Å²) in [5.41, 5.74) is 1.76. The van der Waals surface area contributed by atoms with E-state index in [0.29, 0.717) is 22.1 Å². The molecule has 0 bridgehead atoms. The van der Waals surface area contributed by atoms with Crippen molar-refractivity contribution >= 4 is 40.1 Å². The lowest BCUT2D eigenvalue weighted by molar-refractivity contribution is 0.0994. The molecule has 0 atom stereocenters. The van der Waals surface area contributed by atoms with Gasteiger partial charge in [0.25, 0.3) is 0 Å². The molecule has 0 aliphatic heterocycles. The number of ketones is 1. The first-order chi connectivity index (χ1) is 10.1. The number of carbonyl (C=O) groups is 1. The van der Waals surface area contributed by atoms with E-state index >= 15 is 0 Å². The van der Waals surface area contributed by atoms with Gasteiger partial charge in [-0.1, -0.05) is 41.4 Å². The van der Waals surface area contributed by atoms with Crippen LogP contribution in [-0.2, 0) is 0 Å². The van der Waals surface area contributed by atoms with Crippen molar-refractivity contribution in [2.45, 2.75) is 11.8 Å². The largest absolute Gasteiger partial charge is 0.451 e. The first kappa shape index (κ1) is 14.2. The van der Waals surface area contributed by atoms with Gasteiger partial charge in [-0.05, 0) is 31.2 Å². The Bertz CT molecular complexity index is 807. The minimum absolute atomic E-state index is 0.0335. The van der Waals surface area contributed by atoms with E-state index < -0.39 is 0 Å². The zero-order valence-corrected chi connectivity index (χ0v) is 13.0. The SMILES string of the molecule is Cc1cccc(SCC(=O)c2cc3cccc(Cl)c3o2)c1. The van der Waals surface area contributed by atoms with Crippen LogP contribution < -0.4 is 0 Å². The molecule has 0 saturated carbocycles. The molecule has 21 heavy (non-hydrogen) atoms. The van der Waals surface area contributed by atoms with Crippen LogP contribution in [0.4, 0.5) is 0 Å². The van der Waals surface area contributed by atoms with Crippen LogP contribution in [0, 0.1) is 6.92 Å². The predicted octanol–water partition coefficient (Wildman–Crippen LogP) is 5.37.